The van der Waals surface area contributed by atoms with Gasteiger partial charge in [0.05, 0.1) is 17.3 Å². The predicted molar refractivity (Wildman–Crippen MR) is 119 cm³/mol. The van der Waals surface area contributed by atoms with E-state index in [1.807, 2.05) is 19.1 Å². The van der Waals surface area contributed by atoms with Crippen molar-refractivity contribution in [1.29, 1.82) is 0 Å². The van der Waals surface area contributed by atoms with Crippen LogP contribution in [0.25, 0.3) is 33.1 Å². The molecule has 0 unspecified atom stereocenters. The van der Waals surface area contributed by atoms with Crippen molar-refractivity contribution in [2.75, 3.05) is 0 Å². The van der Waals surface area contributed by atoms with Gasteiger partial charge < -0.3 is 9.15 Å². The third-order valence-electron chi connectivity index (χ3n) is 6.16. The minimum Gasteiger partial charge on any atom is -0.490 e. The van der Waals surface area contributed by atoms with E-state index in [0.29, 0.717) is 6.10 Å². The fourth-order valence-corrected chi connectivity index (χ4v) is 4.62. The Morgan fingerprint density at radius 3 is 2.62 bits per heavy atom. The quantitative estimate of drug-likeness (QED) is 0.372. The van der Waals surface area contributed by atoms with Crippen LogP contribution in [-0.2, 0) is 6.42 Å². The average molecular weight is 386 g/mol. The fourth-order valence-electron chi connectivity index (χ4n) is 4.62. The lowest BCUT2D eigenvalue weighted by molar-refractivity contribution is 0.157. The third-order valence-corrected chi connectivity index (χ3v) is 6.16. The molecule has 0 N–H and O–H groups in total. The van der Waals surface area contributed by atoms with Gasteiger partial charge in [-0.1, -0.05) is 37.6 Å². The lowest BCUT2D eigenvalue weighted by Crippen LogP contribution is -2.19. The average Bonchev–Trinajstić information content (AvgIpc) is 3.10. The largest absolute Gasteiger partial charge is 0.490 e. The van der Waals surface area contributed by atoms with Gasteiger partial charge in [0.15, 0.2) is 0 Å². The first-order valence-electron chi connectivity index (χ1n) is 10.8. The fraction of sp³-hybridized carbons (Fsp3) is 0.346. The Hall–Kier alpha value is -2.81. The van der Waals surface area contributed by atoms with Crippen LogP contribution < -0.4 is 4.74 Å². The number of fused-ring (bicyclic) bond motifs is 2. The number of ether oxygens (including phenoxy) is 1. The normalized spacial score (nSPS) is 15.2. The van der Waals surface area contributed by atoms with E-state index in [1.54, 1.807) is 0 Å². The molecule has 0 aliphatic heterocycles. The molecular formula is C26H27NO2. The second-order valence-electron chi connectivity index (χ2n) is 8.08. The Kier molecular flexibility index (Phi) is 4.75. The molecule has 2 aromatic carbocycles. The number of hydrogen-bond acceptors (Lipinski definition) is 3. The number of para-hydroxylation sites is 1. The Balaban J connectivity index is 1.63. The predicted octanol–water partition coefficient (Wildman–Crippen LogP) is 7.23. The minimum absolute atomic E-state index is 0.333. The van der Waals surface area contributed by atoms with Crippen molar-refractivity contribution in [2.24, 2.45) is 0 Å². The summed E-state index contributed by atoms with van der Waals surface area (Å²) in [6.45, 7) is 4.20. The molecule has 2 heterocycles. The summed E-state index contributed by atoms with van der Waals surface area (Å²) in [6.07, 6.45) is 7.46. The number of hydrogen-bond donors (Lipinski definition) is 0. The molecule has 0 atom stereocenters. The maximum Gasteiger partial charge on any atom is 0.134 e. The van der Waals surface area contributed by atoms with E-state index in [-0.39, 0.29) is 0 Å². The van der Waals surface area contributed by atoms with Crippen LogP contribution in [0.15, 0.2) is 52.9 Å². The molecule has 2 aromatic heterocycles. The highest BCUT2D eigenvalue weighted by Gasteiger charge is 2.19. The molecular weight excluding hydrogens is 358 g/mol. The summed E-state index contributed by atoms with van der Waals surface area (Å²) in [4.78, 5) is 5.11. The van der Waals surface area contributed by atoms with Crippen LogP contribution in [0, 0.1) is 6.92 Å². The van der Waals surface area contributed by atoms with Crippen molar-refractivity contribution in [3.8, 4) is 17.0 Å². The van der Waals surface area contributed by atoms with E-state index in [4.69, 9.17) is 14.1 Å². The molecule has 1 saturated carbocycles. The maximum atomic E-state index is 6.43. The number of rotatable bonds is 4. The first-order valence-corrected chi connectivity index (χ1v) is 10.8. The number of furan rings is 1. The Labute approximate surface area is 171 Å². The smallest absolute Gasteiger partial charge is 0.134 e. The number of aromatic nitrogens is 1. The van der Waals surface area contributed by atoms with Crippen molar-refractivity contribution < 1.29 is 9.15 Å². The van der Waals surface area contributed by atoms with Gasteiger partial charge in [-0.05, 0) is 68.9 Å². The molecule has 0 saturated heterocycles. The monoisotopic (exact) mass is 385 g/mol. The van der Waals surface area contributed by atoms with Gasteiger partial charge in [0.2, 0.25) is 0 Å². The van der Waals surface area contributed by atoms with Gasteiger partial charge in [0, 0.05) is 16.3 Å². The van der Waals surface area contributed by atoms with E-state index >= 15 is 0 Å². The van der Waals surface area contributed by atoms with Crippen LogP contribution in [0.2, 0.25) is 0 Å². The molecule has 1 aliphatic rings. The summed E-state index contributed by atoms with van der Waals surface area (Å²) < 4.78 is 12.4. The Morgan fingerprint density at radius 1 is 0.966 bits per heavy atom. The van der Waals surface area contributed by atoms with Crippen LogP contribution in [0.1, 0.15) is 50.4 Å². The second-order valence-corrected chi connectivity index (χ2v) is 8.08. The highest BCUT2D eigenvalue weighted by Crippen LogP contribution is 2.37. The summed E-state index contributed by atoms with van der Waals surface area (Å²) in [5, 5.41) is 2.23. The number of aryl methyl sites for hydroxylation is 2. The van der Waals surface area contributed by atoms with Crippen LogP contribution in [-0.4, -0.2) is 11.1 Å². The number of nitrogens with zero attached hydrogens (tertiary/aromatic N) is 1. The Bertz CT molecular complexity index is 1170. The number of pyridine rings is 1. The molecule has 0 radical (unpaired) electrons. The highest BCUT2D eigenvalue weighted by molar-refractivity contribution is 5.97. The summed E-state index contributed by atoms with van der Waals surface area (Å²) in [7, 11) is 0. The molecule has 4 aromatic rings. The standard InChI is InChI=1S/C26H27NO2/c1-3-18-13-16-24(29-19-9-5-4-6-10-19)21-14-15-22(27-26(18)21)25-17(2)28-23-12-8-7-11-20(23)25/h7-8,11-16,19H,3-6,9-10H2,1-2H3. The van der Waals surface area contributed by atoms with Gasteiger partial charge in [-0.25, -0.2) is 4.98 Å². The van der Waals surface area contributed by atoms with Gasteiger partial charge in [-0.15, -0.1) is 0 Å². The van der Waals surface area contributed by atoms with E-state index in [9.17, 15) is 0 Å². The van der Waals surface area contributed by atoms with Gasteiger partial charge in [-0.2, -0.15) is 0 Å². The molecule has 0 amide bonds. The van der Waals surface area contributed by atoms with Crippen LogP contribution in [0.4, 0.5) is 0 Å². The SMILES string of the molecule is CCc1ccc(OC2CCCCC2)c2ccc(-c3c(C)oc4ccccc34)nc12. The van der Waals surface area contributed by atoms with E-state index in [0.717, 1.165) is 63.9 Å². The zero-order valence-corrected chi connectivity index (χ0v) is 17.2. The first-order chi connectivity index (χ1) is 14.2. The Morgan fingerprint density at radius 2 is 1.79 bits per heavy atom. The van der Waals surface area contributed by atoms with Gasteiger partial charge >= 0.3 is 0 Å². The maximum absolute atomic E-state index is 6.43. The lowest BCUT2D eigenvalue weighted by Gasteiger charge is -2.24. The van der Waals surface area contributed by atoms with E-state index in [1.165, 1.54) is 24.8 Å². The van der Waals surface area contributed by atoms with Gasteiger partial charge in [0.1, 0.15) is 17.1 Å². The van der Waals surface area contributed by atoms with Crippen molar-refractivity contribution >= 4 is 21.9 Å². The molecule has 29 heavy (non-hydrogen) atoms. The lowest BCUT2D eigenvalue weighted by atomic mass is 9.97. The number of benzene rings is 2. The molecule has 148 valence electrons. The molecule has 0 spiro atoms. The topological polar surface area (TPSA) is 35.3 Å². The van der Waals surface area contributed by atoms with Gasteiger partial charge in [-0.3, -0.25) is 0 Å². The van der Waals surface area contributed by atoms with Crippen molar-refractivity contribution in [3.05, 3.63) is 59.9 Å². The van der Waals surface area contributed by atoms with Crippen molar-refractivity contribution in [2.45, 2.75) is 58.5 Å². The third kappa shape index (κ3) is 3.29. The molecule has 3 nitrogen and oxygen atoms in total. The van der Waals surface area contributed by atoms with Gasteiger partial charge in [0.25, 0.3) is 0 Å². The van der Waals surface area contributed by atoms with Crippen molar-refractivity contribution in [3.63, 3.8) is 0 Å². The highest BCUT2D eigenvalue weighted by atomic mass is 16.5. The van der Waals surface area contributed by atoms with Crippen LogP contribution in [0.5, 0.6) is 5.75 Å². The summed E-state index contributed by atoms with van der Waals surface area (Å²) in [5.74, 6) is 1.88. The molecule has 1 aliphatic carbocycles. The summed E-state index contributed by atoms with van der Waals surface area (Å²) >= 11 is 0. The molecule has 3 heteroatoms. The zero-order chi connectivity index (χ0) is 19.8. The van der Waals surface area contributed by atoms with Crippen LogP contribution >= 0.6 is 0 Å². The minimum atomic E-state index is 0.333. The van der Waals surface area contributed by atoms with Crippen LogP contribution in [0.3, 0.4) is 0 Å². The zero-order valence-electron chi connectivity index (χ0n) is 17.2. The second kappa shape index (κ2) is 7.55. The van der Waals surface area contributed by atoms with E-state index in [2.05, 4.69) is 43.3 Å². The summed E-state index contributed by atoms with van der Waals surface area (Å²) in [6, 6.07) is 16.8. The summed E-state index contributed by atoms with van der Waals surface area (Å²) in [5.41, 5.74) is 5.26. The molecule has 5 rings (SSSR count). The molecule has 0 bridgehead atoms. The van der Waals surface area contributed by atoms with Crippen molar-refractivity contribution in [1.82, 2.24) is 4.98 Å². The molecule has 1 fully saturated rings. The van der Waals surface area contributed by atoms with E-state index < -0.39 is 0 Å². The first kappa shape index (κ1) is 18.2.